The molecule has 0 aliphatic carbocycles. The normalized spacial score (nSPS) is 11.7. The molecule has 98 valence electrons. The quantitative estimate of drug-likeness (QED) is 0.671. The third-order valence-corrected chi connectivity index (χ3v) is 2.43. The minimum absolute atomic E-state index is 0.0208. The van der Waals surface area contributed by atoms with E-state index in [1.807, 2.05) is 13.8 Å². The monoisotopic (exact) mass is 244 g/mol. The van der Waals surface area contributed by atoms with Crippen LogP contribution in [-0.4, -0.2) is 46.9 Å². The molecule has 2 amide bonds. The van der Waals surface area contributed by atoms with Crippen molar-refractivity contribution in [2.75, 3.05) is 13.1 Å². The lowest BCUT2D eigenvalue weighted by atomic mass is 10.2. The van der Waals surface area contributed by atoms with Crippen molar-refractivity contribution in [2.45, 2.75) is 39.7 Å². The molecule has 17 heavy (non-hydrogen) atoms. The molecule has 0 aromatic heterocycles. The van der Waals surface area contributed by atoms with Crippen LogP contribution in [-0.2, 0) is 14.4 Å². The largest absolute Gasteiger partial charge is 0.480 e. The fraction of sp³-hybridized carbons (Fsp3) is 0.727. The van der Waals surface area contributed by atoms with Crippen LogP contribution in [0.15, 0.2) is 0 Å². The number of nitrogens with one attached hydrogen (secondary N) is 1. The molecular weight excluding hydrogens is 224 g/mol. The molecule has 0 unspecified atom stereocenters. The van der Waals surface area contributed by atoms with E-state index in [1.54, 1.807) is 4.90 Å². The molecule has 6 nitrogen and oxygen atoms in total. The van der Waals surface area contributed by atoms with Crippen LogP contribution in [0, 0.1) is 0 Å². The van der Waals surface area contributed by atoms with E-state index < -0.39 is 17.9 Å². The van der Waals surface area contributed by atoms with Crippen LogP contribution < -0.4 is 5.32 Å². The first kappa shape index (κ1) is 15.4. The second-order valence-corrected chi connectivity index (χ2v) is 3.69. The first-order valence-corrected chi connectivity index (χ1v) is 5.72. The second-order valence-electron chi connectivity index (χ2n) is 3.69. The third-order valence-electron chi connectivity index (χ3n) is 2.43. The molecule has 2 N–H and O–H groups in total. The van der Waals surface area contributed by atoms with Crippen LogP contribution in [0.1, 0.15) is 33.6 Å². The molecule has 0 aliphatic rings. The summed E-state index contributed by atoms with van der Waals surface area (Å²) in [5, 5.41) is 10.9. The Morgan fingerprint density at radius 3 is 2.12 bits per heavy atom. The first-order valence-electron chi connectivity index (χ1n) is 5.72. The van der Waals surface area contributed by atoms with Gasteiger partial charge in [0.2, 0.25) is 11.8 Å². The van der Waals surface area contributed by atoms with Gasteiger partial charge >= 0.3 is 5.97 Å². The summed E-state index contributed by atoms with van der Waals surface area (Å²) in [7, 11) is 0. The van der Waals surface area contributed by atoms with Gasteiger partial charge in [-0.2, -0.15) is 0 Å². The summed E-state index contributed by atoms with van der Waals surface area (Å²) < 4.78 is 0. The van der Waals surface area contributed by atoms with E-state index in [0.29, 0.717) is 13.1 Å². The minimum atomic E-state index is -1.09. The molecule has 0 saturated heterocycles. The van der Waals surface area contributed by atoms with Gasteiger partial charge in [-0.05, 0) is 20.8 Å². The molecule has 0 radical (unpaired) electrons. The Morgan fingerprint density at radius 2 is 1.71 bits per heavy atom. The molecule has 0 fully saturated rings. The number of carboxylic acid groups (broad SMARTS) is 1. The molecule has 0 spiro atoms. The molecule has 1 atom stereocenters. The Labute approximate surface area is 101 Å². The van der Waals surface area contributed by atoms with E-state index in [4.69, 9.17) is 5.11 Å². The Morgan fingerprint density at radius 1 is 1.18 bits per heavy atom. The van der Waals surface area contributed by atoms with Gasteiger partial charge in [0.15, 0.2) is 0 Å². The van der Waals surface area contributed by atoms with Gasteiger partial charge in [0, 0.05) is 25.9 Å². The highest BCUT2D eigenvalue weighted by molar-refractivity contribution is 5.86. The number of aliphatic carboxylic acids is 1. The lowest BCUT2D eigenvalue weighted by molar-refractivity contribution is -0.141. The fourth-order valence-electron chi connectivity index (χ4n) is 1.33. The predicted molar refractivity (Wildman–Crippen MR) is 62.4 cm³/mol. The SMILES string of the molecule is CCN(CC)C(=O)CCC(=O)N[C@@H](C)C(=O)O. The Balaban J connectivity index is 3.99. The van der Waals surface area contributed by atoms with Crippen molar-refractivity contribution in [3.8, 4) is 0 Å². The molecule has 0 saturated carbocycles. The number of hydrogen-bond donors (Lipinski definition) is 2. The summed E-state index contributed by atoms with van der Waals surface area (Å²) in [6.07, 6.45) is 0.132. The van der Waals surface area contributed by atoms with Crippen molar-refractivity contribution in [3.63, 3.8) is 0 Å². The number of carbonyl (C=O) groups excluding carboxylic acids is 2. The van der Waals surface area contributed by atoms with Crippen LogP contribution in [0.25, 0.3) is 0 Å². The summed E-state index contributed by atoms with van der Waals surface area (Å²) in [6, 6.07) is -0.925. The van der Waals surface area contributed by atoms with Crippen molar-refractivity contribution in [1.82, 2.24) is 10.2 Å². The highest BCUT2D eigenvalue weighted by Gasteiger charge is 2.16. The molecule has 0 bridgehead atoms. The van der Waals surface area contributed by atoms with Gasteiger partial charge in [0.1, 0.15) is 6.04 Å². The van der Waals surface area contributed by atoms with Gasteiger partial charge in [-0.3, -0.25) is 14.4 Å². The molecule has 0 aromatic rings. The second kappa shape index (κ2) is 7.65. The van der Waals surface area contributed by atoms with E-state index in [1.165, 1.54) is 6.92 Å². The maximum absolute atomic E-state index is 11.6. The number of hydrogen-bond acceptors (Lipinski definition) is 3. The minimum Gasteiger partial charge on any atom is -0.480 e. The van der Waals surface area contributed by atoms with E-state index in [2.05, 4.69) is 5.32 Å². The van der Waals surface area contributed by atoms with Crippen LogP contribution in [0.4, 0.5) is 0 Å². The fourth-order valence-corrected chi connectivity index (χ4v) is 1.33. The third kappa shape index (κ3) is 5.89. The van der Waals surface area contributed by atoms with Crippen LogP contribution in [0.5, 0.6) is 0 Å². The van der Waals surface area contributed by atoms with E-state index >= 15 is 0 Å². The Kier molecular flexibility index (Phi) is 6.93. The molecule has 0 aromatic carbocycles. The smallest absolute Gasteiger partial charge is 0.325 e. The summed E-state index contributed by atoms with van der Waals surface area (Å²) in [4.78, 5) is 35.0. The van der Waals surface area contributed by atoms with E-state index in [9.17, 15) is 14.4 Å². The highest BCUT2D eigenvalue weighted by atomic mass is 16.4. The molecular formula is C11H20N2O4. The summed E-state index contributed by atoms with van der Waals surface area (Å²) >= 11 is 0. The lowest BCUT2D eigenvalue weighted by Crippen LogP contribution is -2.39. The average molecular weight is 244 g/mol. The predicted octanol–water partition coefficient (Wildman–Crippen LogP) is 0.224. The number of carboxylic acids is 1. The van der Waals surface area contributed by atoms with E-state index in [0.717, 1.165) is 0 Å². The summed E-state index contributed by atoms with van der Waals surface area (Å²) in [5.74, 6) is -1.60. The van der Waals surface area contributed by atoms with Gasteiger partial charge in [0.25, 0.3) is 0 Å². The standard InChI is InChI=1S/C11H20N2O4/c1-4-13(5-2)10(15)7-6-9(14)12-8(3)11(16)17/h8H,4-7H2,1-3H3,(H,12,14)(H,16,17)/t8-/m0/s1. The summed E-state index contributed by atoms with van der Waals surface area (Å²) in [5.41, 5.74) is 0. The van der Waals surface area contributed by atoms with Gasteiger partial charge in [0.05, 0.1) is 0 Å². The van der Waals surface area contributed by atoms with Crippen molar-refractivity contribution < 1.29 is 19.5 Å². The van der Waals surface area contributed by atoms with Crippen LogP contribution in [0.3, 0.4) is 0 Å². The molecule has 0 rings (SSSR count). The average Bonchev–Trinajstić information content (AvgIpc) is 2.27. The zero-order valence-corrected chi connectivity index (χ0v) is 10.5. The van der Waals surface area contributed by atoms with Gasteiger partial charge in [-0.25, -0.2) is 0 Å². The van der Waals surface area contributed by atoms with Crippen molar-refractivity contribution >= 4 is 17.8 Å². The van der Waals surface area contributed by atoms with Gasteiger partial charge in [-0.1, -0.05) is 0 Å². The van der Waals surface area contributed by atoms with Crippen molar-refractivity contribution in [2.24, 2.45) is 0 Å². The zero-order chi connectivity index (χ0) is 13.4. The van der Waals surface area contributed by atoms with Crippen molar-refractivity contribution in [3.05, 3.63) is 0 Å². The molecule has 0 aliphatic heterocycles. The maximum Gasteiger partial charge on any atom is 0.325 e. The zero-order valence-electron chi connectivity index (χ0n) is 10.5. The maximum atomic E-state index is 11.6. The number of carbonyl (C=O) groups is 3. The van der Waals surface area contributed by atoms with Crippen LogP contribution >= 0.6 is 0 Å². The topological polar surface area (TPSA) is 86.7 Å². The molecule has 6 heteroatoms. The molecule has 0 heterocycles. The first-order chi connectivity index (χ1) is 7.92. The van der Waals surface area contributed by atoms with Crippen LogP contribution in [0.2, 0.25) is 0 Å². The number of amides is 2. The highest BCUT2D eigenvalue weighted by Crippen LogP contribution is 1.98. The Hall–Kier alpha value is -1.59. The number of nitrogens with zero attached hydrogens (tertiary/aromatic N) is 1. The number of rotatable bonds is 7. The lowest BCUT2D eigenvalue weighted by Gasteiger charge is -2.18. The van der Waals surface area contributed by atoms with Gasteiger partial charge < -0.3 is 15.3 Å². The van der Waals surface area contributed by atoms with E-state index in [-0.39, 0.29) is 18.7 Å². The van der Waals surface area contributed by atoms with Crippen molar-refractivity contribution in [1.29, 1.82) is 0 Å². The Bertz CT molecular complexity index is 287. The summed E-state index contributed by atoms with van der Waals surface area (Å²) in [6.45, 7) is 6.35. The van der Waals surface area contributed by atoms with Gasteiger partial charge in [-0.15, -0.1) is 0 Å².